The van der Waals surface area contributed by atoms with E-state index in [1.807, 2.05) is 24.3 Å². The summed E-state index contributed by atoms with van der Waals surface area (Å²) in [6.45, 7) is 5.79. The number of hydrogen-bond acceptors (Lipinski definition) is 4. The molecule has 6 nitrogen and oxygen atoms in total. The summed E-state index contributed by atoms with van der Waals surface area (Å²) in [5.74, 6) is 0.931. The van der Waals surface area contributed by atoms with Crippen molar-refractivity contribution in [3.8, 4) is 5.75 Å². The van der Waals surface area contributed by atoms with Crippen LogP contribution in [0, 0.1) is 5.92 Å². The van der Waals surface area contributed by atoms with Crippen molar-refractivity contribution < 1.29 is 9.53 Å². The summed E-state index contributed by atoms with van der Waals surface area (Å²) in [7, 11) is 1.64. The first-order valence-corrected chi connectivity index (χ1v) is 8.31. The second-order valence-corrected chi connectivity index (χ2v) is 6.42. The van der Waals surface area contributed by atoms with Crippen LogP contribution in [-0.2, 0) is 13.0 Å². The van der Waals surface area contributed by atoms with Gasteiger partial charge in [-0.2, -0.15) is 5.10 Å². The highest BCUT2D eigenvalue weighted by Crippen LogP contribution is 2.25. The number of amides is 1. The van der Waals surface area contributed by atoms with E-state index in [-0.39, 0.29) is 30.3 Å². The third-order valence-corrected chi connectivity index (χ3v) is 4.45. The molecule has 1 unspecified atom stereocenters. The topological polar surface area (TPSA) is 79.0 Å². The van der Waals surface area contributed by atoms with Crippen LogP contribution in [0.2, 0.25) is 0 Å². The Hall–Kier alpha value is -2.05. The summed E-state index contributed by atoms with van der Waals surface area (Å²) in [5.41, 5.74) is 3.60. The number of benzene rings is 1. The molecule has 3 N–H and O–H groups in total. The van der Waals surface area contributed by atoms with E-state index in [1.165, 1.54) is 0 Å². The lowest BCUT2D eigenvalue weighted by Gasteiger charge is -2.23. The van der Waals surface area contributed by atoms with Gasteiger partial charge in [-0.3, -0.25) is 9.89 Å². The molecule has 0 bridgehead atoms. The predicted octanol–water partition coefficient (Wildman–Crippen LogP) is 2.61. The molecule has 136 valence electrons. The number of aromatic amines is 1. The summed E-state index contributed by atoms with van der Waals surface area (Å²) in [6.07, 6.45) is 0.877. The van der Waals surface area contributed by atoms with Gasteiger partial charge >= 0.3 is 0 Å². The molecule has 1 aromatic heterocycles. The van der Waals surface area contributed by atoms with Gasteiger partial charge in [-0.25, -0.2) is 0 Å². The molecule has 0 saturated carbocycles. The van der Waals surface area contributed by atoms with Gasteiger partial charge in [-0.05, 0) is 23.6 Å². The summed E-state index contributed by atoms with van der Waals surface area (Å²) < 4.78 is 5.20. The van der Waals surface area contributed by atoms with Crippen molar-refractivity contribution in [1.29, 1.82) is 0 Å². The Morgan fingerprint density at radius 1 is 1.28 bits per heavy atom. The fraction of sp³-hybridized carbons (Fsp3) is 0.444. The van der Waals surface area contributed by atoms with Crippen LogP contribution in [0.25, 0.3) is 0 Å². The van der Waals surface area contributed by atoms with Gasteiger partial charge in [0.15, 0.2) is 5.69 Å². The molecule has 1 atom stereocenters. The van der Waals surface area contributed by atoms with Gasteiger partial charge in [0.25, 0.3) is 5.91 Å². The van der Waals surface area contributed by atoms with Crippen LogP contribution < -0.4 is 15.4 Å². The van der Waals surface area contributed by atoms with Crippen molar-refractivity contribution in [2.75, 3.05) is 13.7 Å². The van der Waals surface area contributed by atoms with E-state index >= 15 is 0 Å². The molecule has 2 aromatic rings. The number of fused-ring (bicyclic) bond motifs is 1. The smallest absolute Gasteiger partial charge is 0.272 e. The zero-order valence-corrected chi connectivity index (χ0v) is 15.6. The minimum Gasteiger partial charge on any atom is -0.497 e. The van der Waals surface area contributed by atoms with Crippen LogP contribution >= 0.6 is 12.4 Å². The number of carbonyl (C=O) groups is 1. The van der Waals surface area contributed by atoms with Crippen LogP contribution in [0.5, 0.6) is 5.75 Å². The number of halogens is 1. The summed E-state index contributed by atoms with van der Waals surface area (Å²) >= 11 is 0. The van der Waals surface area contributed by atoms with E-state index in [0.717, 1.165) is 35.5 Å². The first-order chi connectivity index (χ1) is 11.6. The highest BCUT2D eigenvalue weighted by atomic mass is 35.5. The lowest BCUT2D eigenvalue weighted by molar-refractivity contribution is 0.0919. The number of methoxy groups -OCH3 is 1. The first-order valence-electron chi connectivity index (χ1n) is 8.31. The van der Waals surface area contributed by atoms with Gasteiger partial charge < -0.3 is 15.4 Å². The summed E-state index contributed by atoms with van der Waals surface area (Å²) in [4.78, 5) is 12.7. The average molecular weight is 365 g/mol. The normalized spacial score (nSPS) is 14.4. The highest BCUT2D eigenvalue weighted by molar-refractivity contribution is 5.94. The van der Waals surface area contributed by atoms with Crippen molar-refractivity contribution in [3.63, 3.8) is 0 Å². The average Bonchev–Trinajstić information content (AvgIpc) is 3.03. The van der Waals surface area contributed by atoms with Crippen molar-refractivity contribution in [1.82, 2.24) is 20.8 Å². The Kier molecular flexibility index (Phi) is 6.45. The van der Waals surface area contributed by atoms with Gasteiger partial charge in [-0.15, -0.1) is 12.4 Å². The number of aromatic nitrogens is 2. The van der Waals surface area contributed by atoms with E-state index in [1.54, 1.807) is 7.11 Å². The van der Waals surface area contributed by atoms with Crippen molar-refractivity contribution >= 4 is 18.3 Å². The summed E-state index contributed by atoms with van der Waals surface area (Å²) in [5, 5.41) is 13.7. The number of ether oxygens (including phenoxy) is 1. The number of hydrogen-bond donors (Lipinski definition) is 3. The van der Waals surface area contributed by atoms with Gasteiger partial charge in [0, 0.05) is 30.8 Å². The standard InChI is InChI=1S/C18H24N4O2.ClH/c1-11(2)16(12-4-6-13(24-3)7-5-12)20-18(23)17-14-10-19-9-8-15(14)21-22-17;/h4-7,11,16,19H,8-10H2,1-3H3,(H,20,23)(H,21,22);1H. The molecule has 3 rings (SSSR count). The van der Waals surface area contributed by atoms with Crippen LogP contribution in [0.3, 0.4) is 0 Å². The molecule has 1 aliphatic heterocycles. The molecule has 1 aliphatic rings. The van der Waals surface area contributed by atoms with Crippen molar-refractivity contribution in [2.24, 2.45) is 5.92 Å². The molecule has 0 spiro atoms. The molecule has 2 heterocycles. The van der Waals surface area contributed by atoms with E-state index < -0.39 is 0 Å². The second kappa shape index (κ2) is 8.36. The molecule has 25 heavy (non-hydrogen) atoms. The first kappa shape index (κ1) is 19.3. The number of nitrogens with zero attached hydrogens (tertiary/aromatic N) is 1. The minimum atomic E-state index is -0.134. The third kappa shape index (κ3) is 4.14. The number of rotatable bonds is 5. The maximum Gasteiger partial charge on any atom is 0.272 e. The van der Waals surface area contributed by atoms with E-state index in [2.05, 4.69) is 34.7 Å². The number of nitrogens with one attached hydrogen (secondary N) is 3. The molecular weight excluding hydrogens is 340 g/mol. The Labute approximate surface area is 154 Å². The van der Waals surface area contributed by atoms with E-state index in [0.29, 0.717) is 12.2 Å². The number of carbonyl (C=O) groups excluding carboxylic acids is 1. The molecule has 1 amide bonds. The lowest BCUT2D eigenvalue weighted by atomic mass is 9.95. The fourth-order valence-electron chi connectivity index (χ4n) is 3.07. The monoisotopic (exact) mass is 364 g/mol. The molecule has 0 radical (unpaired) electrons. The van der Waals surface area contributed by atoms with Crippen LogP contribution in [0.15, 0.2) is 24.3 Å². The quantitative estimate of drug-likeness (QED) is 0.762. The highest BCUT2D eigenvalue weighted by Gasteiger charge is 2.25. The zero-order valence-electron chi connectivity index (χ0n) is 14.8. The van der Waals surface area contributed by atoms with Crippen LogP contribution in [0.1, 0.15) is 47.2 Å². The van der Waals surface area contributed by atoms with Gasteiger partial charge in [0.2, 0.25) is 0 Å². The number of H-pyrrole nitrogens is 1. The molecule has 0 fully saturated rings. The Balaban J connectivity index is 0.00000225. The van der Waals surface area contributed by atoms with Crippen LogP contribution in [0.4, 0.5) is 0 Å². The third-order valence-electron chi connectivity index (χ3n) is 4.45. The fourth-order valence-corrected chi connectivity index (χ4v) is 3.07. The van der Waals surface area contributed by atoms with E-state index in [9.17, 15) is 4.79 Å². The Morgan fingerprint density at radius 3 is 2.64 bits per heavy atom. The van der Waals surface area contributed by atoms with Crippen molar-refractivity contribution in [3.05, 3.63) is 46.8 Å². The SMILES string of the molecule is COc1ccc(C(NC(=O)c2n[nH]c3c2CNCC3)C(C)C)cc1.Cl. The minimum absolute atomic E-state index is 0. The lowest BCUT2D eigenvalue weighted by Crippen LogP contribution is -2.33. The van der Waals surface area contributed by atoms with Gasteiger partial charge in [0.1, 0.15) is 5.75 Å². The molecular formula is C18H25ClN4O2. The second-order valence-electron chi connectivity index (χ2n) is 6.42. The Bertz CT molecular complexity index is 712. The van der Waals surface area contributed by atoms with Crippen molar-refractivity contribution in [2.45, 2.75) is 32.9 Å². The molecule has 0 aliphatic carbocycles. The maximum absolute atomic E-state index is 12.7. The summed E-state index contributed by atoms with van der Waals surface area (Å²) in [6, 6.07) is 7.73. The molecule has 0 saturated heterocycles. The molecule has 1 aromatic carbocycles. The Morgan fingerprint density at radius 2 is 2.00 bits per heavy atom. The van der Waals surface area contributed by atoms with Gasteiger partial charge in [0.05, 0.1) is 13.2 Å². The van der Waals surface area contributed by atoms with E-state index in [4.69, 9.17) is 4.74 Å². The maximum atomic E-state index is 12.7. The van der Waals surface area contributed by atoms with Gasteiger partial charge in [-0.1, -0.05) is 26.0 Å². The largest absolute Gasteiger partial charge is 0.497 e. The van der Waals surface area contributed by atoms with Crippen LogP contribution in [-0.4, -0.2) is 29.8 Å². The zero-order chi connectivity index (χ0) is 17.1. The predicted molar refractivity (Wildman–Crippen MR) is 99.3 cm³/mol. The molecule has 7 heteroatoms.